The van der Waals surface area contributed by atoms with Crippen molar-refractivity contribution in [2.45, 2.75) is 27.7 Å². The second kappa shape index (κ2) is 20.4. The summed E-state index contributed by atoms with van der Waals surface area (Å²) in [5.41, 5.74) is 5.03. The van der Waals surface area contributed by atoms with Crippen LogP contribution in [0.3, 0.4) is 0 Å². The highest BCUT2D eigenvalue weighted by Crippen LogP contribution is 1.93. The average Bonchev–Trinajstić information content (AvgIpc) is 2.52. The molecule has 0 unspecified atom stereocenters. The number of carboxylic acids is 1. The van der Waals surface area contributed by atoms with Gasteiger partial charge in [-0.05, 0) is 0 Å². The van der Waals surface area contributed by atoms with Gasteiger partial charge in [0.2, 0.25) is 5.91 Å². The highest BCUT2D eigenvalue weighted by atomic mass is 16.4. The maximum Gasteiger partial charge on any atom is 0.317 e. The van der Waals surface area contributed by atoms with Crippen molar-refractivity contribution >= 4 is 11.9 Å². The largest absolute Gasteiger partial charge is 0.480 e. The number of nitrogens with two attached hydrogens (primary N) is 1. The standard InChI is InChI=1S/C10H20N4O5.2C2H6/c11-9(16)7-14(8-10(17)18)4-3-13(5-6-15)2-1-12-19;2*1-2/h15H,1-8H2,(H2,11,16)(H,17,18);2*1-2H3. The lowest BCUT2D eigenvalue weighted by Gasteiger charge is -2.24. The predicted molar refractivity (Wildman–Crippen MR) is 90.2 cm³/mol. The van der Waals surface area contributed by atoms with Crippen molar-refractivity contribution in [1.29, 1.82) is 0 Å². The number of amides is 1. The third-order valence-corrected chi connectivity index (χ3v) is 2.39. The Labute approximate surface area is 138 Å². The van der Waals surface area contributed by atoms with E-state index in [1.165, 1.54) is 4.90 Å². The third kappa shape index (κ3) is 20.4. The Kier molecular flexibility index (Phi) is 23.4. The van der Waals surface area contributed by atoms with Gasteiger partial charge in [0.15, 0.2) is 0 Å². The van der Waals surface area contributed by atoms with Crippen LogP contribution in [0.15, 0.2) is 5.18 Å². The summed E-state index contributed by atoms with van der Waals surface area (Å²) in [6, 6.07) is 0. The Morgan fingerprint density at radius 2 is 1.48 bits per heavy atom. The molecule has 0 fully saturated rings. The lowest BCUT2D eigenvalue weighted by atomic mass is 10.4. The molecule has 0 bridgehead atoms. The van der Waals surface area contributed by atoms with Crippen LogP contribution in [0.25, 0.3) is 0 Å². The number of primary amides is 1. The van der Waals surface area contributed by atoms with Crippen LogP contribution in [0.2, 0.25) is 0 Å². The molecule has 0 saturated heterocycles. The smallest absolute Gasteiger partial charge is 0.317 e. The lowest BCUT2D eigenvalue weighted by molar-refractivity contribution is -0.138. The van der Waals surface area contributed by atoms with Crippen molar-refractivity contribution in [3.63, 3.8) is 0 Å². The van der Waals surface area contributed by atoms with Crippen molar-refractivity contribution in [2.24, 2.45) is 10.9 Å². The number of aliphatic hydroxyl groups is 1. The van der Waals surface area contributed by atoms with Gasteiger partial charge in [0.1, 0.15) is 0 Å². The van der Waals surface area contributed by atoms with Gasteiger partial charge >= 0.3 is 5.97 Å². The Morgan fingerprint density at radius 1 is 0.957 bits per heavy atom. The summed E-state index contributed by atoms with van der Waals surface area (Å²) in [6.45, 7) is 9.02. The number of carbonyl (C=O) groups is 2. The number of aliphatic hydroxyl groups excluding tert-OH is 1. The van der Waals surface area contributed by atoms with Gasteiger partial charge in [0, 0.05) is 26.2 Å². The van der Waals surface area contributed by atoms with Gasteiger partial charge in [-0.2, -0.15) is 4.91 Å². The summed E-state index contributed by atoms with van der Waals surface area (Å²) >= 11 is 0. The summed E-state index contributed by atoms with van der Waals surface area (Å²) in [5.74, 6) is -1.66. The first-order valence-corrected chi connectivity index (χ1v) is 7.84. The van der Waals surface area contributed by atoms with Crippen LogP contribution in [0.1, 0.15) is 27.7 Å². The van der Waals surface area contributed by atoms with Crippen molar-refractivity contribution < 1.29 is 19.8 Å². The van der Waals surface area contributed by atoms with Crippen LogP contribution in [-0.2, 0) is 9.59 Å². The second-order valence-electron chi connectivity index (χ2n) is 3.99. The Morgan fingerprint density at radius 3 is 1.87 bits per heavy atom. The van der Waals surface area contributed by atoms with Crippen molar-refractivity contribution in [2.75, 3.05) is 52.4 Å². The number of hydrogen-bond acceptors (Lipinski definition) is 7. The molecule has 1 amide bonds. The van der Waals surface area contributed by atoms with Crippen molar-refractivity contribution in [1.82, 2.24) is 9.80 Å². The van der Waals surface area contributed by atoms with Crippen LogP contribution in [0.5, 0.6) is 0 Å². The molecule has 0 aliphatic heterocycles. The molecule has 4 N–H and O–H groups in total. The van der Waals surface area contributed by atoms with Crippen LogP contribution in [0.4, 0.5) is 0 Å². The first-order chi connectivity index (χ1) is 11.0. The molecule has 0 saturated carbocycles. The molecular weight excluding hydrogens is 304 g/mol. The van der Waals surface area contributed by atoms with Gasteiger partial charge in [0.05, 0.1) is 26.2 Å². The first kappa shape index (κ1) is 26.3. The van der Waals surface area contributed by atoms with Crippen LogP contribution in [-0.4, -0.2) is 84.3 Å². The van der Waals surface area contributed by atoms with Crippen molar-refractivity contribution in [3.05, 3.63) is 4.91 Å². The quantitative estimate of drug-likeness (QED) is 0.426. The Balaban J connectivity index is -0.000000919. The van der Waals surface area contributed by atoms with Crippen LogP contribution < -0.4 is 5.73 Å². The summed E-state index contributed by atoms with van der Waals surface area (Å²) < 4.78 is 0. The minimum Gasteiger partial charge on any atom is -0.480 e. The van der Waals surface area contributed by atoms with E-state index in [2.05, 4.69) is 5.18 Å². The van der Waals surface area contributed by atoms with E-state index in [1.54, 1.807) is 4.90 Å². The zero-order chi connectivity index (χ0) is 18.7. The van der Waals surface area contributed by atoms with E-state index in [4.69, 9.17) is 15.9 Å². The third-order valence-electron chi connectivity index (χ3n) is 2.39. The molecule has 138 valence electrons. The van der Waals surface area contributed by atoms with Crippen molar-refractivity contribution in [3.8, 4) is 0 Å². The summed E-state index contributed by atoms with van der Waals surface area (Å²) in [7, 11) is 0. The highest BCUT2D eigenvalue weighted by Gasteiger charge is 2.14. The fourth-order valence-corrected chi connectivity index (χ4v) is 1.57. The molecule has 0 spiro atoms. The summed E-state index contributed by atoms with van der Waals surface area (Å²) in [6.07, 6.45) is 0. The van der Waals surface area contributed by atoms with Gasteiger partial charge in [-0.25, -0.2) is 0 Å². The fraction of sp³-hybridized carbons (Fsp3) is 0.857. The zero-order valence-electron chi connectivity index (χ0n) is 14.7. The molecule has 9 heteroatoms. The monoisotopic (exact) mass is 336 g/mol. The Bertz CT molecular complexity index is 287. The molecule has 0 aliphatic rings. The zero-order valence-corrected chi connectivity index (χ0v) is 14.7. The lowest BCUT2D eigenvalue weighted by Crippen LogP contribution is -2.43. The molecule has 23 heavy (non-hydrogen) atoms. The average molecular weight is 336 g/mol. The molecule has 0 radical (unpaired) electrons. The highest BCUT2D eigenvalue weighted by molar-refractivity contribution is 5.77. The fourth-order valence-electron chi connectivity index (χ4n) is 1.57. The van der Waals surface area contributed by atoms with E-state index >= 15 is 0 Å². The molecule has 0 aromatic carbocycles. The number of hydrogen-bond donors (Lipinski definition) is 3. The number of carboxylic acid groups (broad SMARTS) is 1. The molecule has 9 nitrogen and oxygen atoms in total. The van der Waals surface area contributed by atoms with E-state index in [0.717, 1.165) is 0 Å². The number of nitroso groups, excluding NO2 is 1. The topological polar surface area (TPSA) is 137 Å². The Hall–Kier alpha value is -1.58. The van der Waals surface area contributed by atoms with Gasteiger partial charge < -0.3 is 15.9 Å². The van der Waals surface area contributed by atoms with Crippen LogP contribution in [0, 0.1) is 4.91 Å². The molecule has 0 rings (SSSR count). The summed E-state index contributed by atoms with van der Waals surface area (Å²) in [5, 5.41) is 20.3. The van der Waals surface area contributed by atoms with Crippen LogP contribution >= 0.6 is 0 Å². The predicted octanol–water partition coefficient (Wildman–Crippen LogP) is -0.0286. The number of rotatable bonds is 12. The molecule has 0 aromatic rings. The maximum atomic E-state index is 10.8. The minimum absolute atomic E-state index is 0.0758. The molecular formula is C14H32N4O5. The molecule has 0 atom stereocenters. The van der Waals surface area contributed by atoms with E-state index in [1.807, 2.05) is 27.7 Å². The maximum absolute atomic E-state index is 10.8. The van der Waals surface area contributed by atoms with E-state index in [0.29, 0.717) is 26.2 Å². The van der Waals surface area contributed by atoms with E-state index in [9.17, 15) is 14.5 Å². The minimum atomic E-state index is -1.05. The number of carbonyl (C=O) groups excluding carboxylic acids is 1. The van der Waals surface area contributed by atoms with Gasteiger partial charge in [-0.1, -0.05) is 32.9 Å². The second-order valence-corrected chi connectivity index (χ2v) is 3.99. The molecule has 0 aliphatic carbocycles. The molecule has 0 aromatic heterocycles. The number of aliphatic carboxylic acids is 1. The van der Waals surface area contributed by atoms with Gasteiger partial charge in [-0.15, -0.1) is 0 Å². The summed E-state index contributed by atoms with van der Waals surface area (Å²) in [4.78, 5) is 34.6. The van der Waals surface area contributed by atoms with E-state index < -0.39 is 11.9 Å². The molecule has 0 heterocycles. The van der Waals surface area contributed by atoms with Gasteiger partial charge in [-0.3, -0.25) is 19.4 Å². The van der Waals surface area contributed by atoms with Gasteiger partial charge in [0.25, 0.3) is 0 Å². The SMILES string of the molecule is CC.CC.NC(=O)CN(CCN(CCO)CCN=O)CC(=O)O. The normalized spacial score (nSPS) is 9.52. The number of nitrogens with zero attached hydrogens (tertiary/aromatic N) is 3. The van der Waals surface area contributed by atoms with E-state index in [-0.39, 0.29) is 26.2 Å². The first-order valence-electron chi connectivity index (χ1n) is 7.84.